The number of rotatable bonds is 7. The number of phenols is 1. The van der Waals surface area contributed by atoms with E-state index in [4.69, 9.17) is 4.74 Å². The van der Waals surface area contributed by atoms with Crippen LogP contribution >= 0.6 is 0 Å². The molecule has 0 amide bonds. The fourth-order valence-corrected chi connectivity index (χ4v) is 7.61. The molecular weight excluding hydrogens is 609 g/mol. The molecule has 0 fully saturated rings. The van der Waals surface area contributed by atoms with Gasteiger partial charge in [-0.3, -0.25) is 0 Å². The summed E-state index contributed by atoms with van der Waals surface area (Å²) >= 11 is 0. The van der Waals surface area contributed by atoms with Gasteiger partial charge in [-0.25, -0.2) is 24.8 Å². The van der Waals surface area contributed by atoms with E-state index in [2.05, 4.69) is 0 Å². The topological polar surface area (TPSA) is 108 Å². The van der Waals surface area contributed by atoms with Crippen LogP contribution in [0, 0.1) is 0 Å². The lowest BCUT2D eigenvalue weighted by atomic mass is 10.2. The molecule has 0 radical (unpaired) electrons. The SMILES string of the molecule is O=S(=O)(c1ccccc1)n1ccc2cc(O)ccc21.O=S(=O)(c1ccccc1)n1ccc2cc(OCc3ccccc3)ccc21. The zero-order valence-electron chi connectivity index (χ0n) is 23.8. The van der Waals surface area contributed by atoms with Crippen LogP contribution in [0.2, 0.25) is 0 Å². The van der Waals surface area contributed by atoms with Gasteiger partial charge in [0.25, 0.3) is 20.0 Å². The van der Waals surface area contributed by atoms with Gasteiger partial charge >= 0.3 is 0 Å². The third kappa shape index (κ3) is 6.19. The van der Waals surface area contributed by atoms with Gasteiger partial charge in [-0.15, -0.1) is 0 Å². The molecule has 7 rings (SSSR count). The summed E-state index contributed by atoms with van der Waals surface area (Å²) in [5.41, 5.74) is 2.25. The van der Waals surface area contributed by atoms with E-state index in [1.165, 1.54) is 26.3 Å². The first-order valence-corrected chi connectivity index (χ1v) is 16.8. The predicted molar refractivity (Wildman–Crippen MR) is 174 cm³/mol. The maximum Gasteiger partial charge on any atom is 0.268 e. The van der Waals surface area contributed by atoms with Crippen LogP contribution in [0.1, 0.15) is 5.56 Å². The molecular formula is C35H28N2O6S2. The molecule has 0 aliphatic heterocycles. The fraction of sp³-hybridized carbons (Fsp3) is 0.0286. The van der Waals surface area contributed by atoms with Gasteiger partial charge < -0.3 is 9.84 Å². The van der Waals surface area contributed by atoms with Crippen LogP contribution in [0.5, 0.6) is 11.5 Å². The normalized spacial score (nSPS) is 11.6. The van der Waals surface area contributed by atoms with Gasteiger partial charge in [0.1, 0.15) is 18.1 Å². The third-order valence-electron chi connectivity index (χ3n) is 7.11. The number of phenolic OH excluding ortho intramolecular Hbond substituents is 1. The van der Waals surface area contributed by atoms with Crippen LogP contribution in [-0.2, 0) is 26.7 Å². The number of aromatic hydroxyl groups is 1. The molecule has 1 N–H and O–H groups in total. The minimum Gasteiger partial charge on any atom is -0.508 e. The van der Waals surface area contributed by atoms with E-state index in [-0.39, 0.29) is 15.5 Å². The smallest absolute Gasteiger partial charge is 0.268 e. The van der Waals surface area contributed by atoms with Crippen LogP contribution in [0.15, 0.2) is 162 Å². The molecule has 45 heavy (non-hydrogen) atoms. The highest BCUT2D eigenvalue weighted by Gasteiger charge is 2.19. The van der Waals surface area contributed by atoms with Crippen LogP contribution in [-0.4, -0.2) is 29.9 Å². The molecule has 0 bridgehead atoms. The fourth-order valence-electron chi connectivity index (χ4n) is 4.86. The van der Waals surface area contributed by atoms with Gasteiger partial charge in [0.05, 0.1) is 20.8 Å². The molecule has 0 saturated heterocycles. The highest BCUT2D eigenvalue weighted by Crippen LogP contribution is 2.27. The van der Waals surface area contributed by atoms with E-state index in [1.54, 1.807) is 97.2 Å². The quantitative estimate of drug-likeness (QED) is 0.201. The number of benzene rings is 5. The first-order valence-electron chi connectivity index (χ1n) is 13.9. The molecule has 0 atom stereocenters. The third-order valence-corrected chi connectivity index (χ3v) is 10.5. The molecule has 2 heterocycles. The number of aromatic nitrogens is 2. The second-order valence-corrected chi connectivity index (χ2v) is 13.7. The molecule has 10 heteroatoms. The van der Waals surface area contributed by atoms with E-state index in [1.807, 2.05) is 36.4 Å². The highest BCUT2D eigenvalue weighted by molar-refractivity contribution is 7.90. The lowest BCUT2D eigenvalue weighted by Gasteiger charge is -2.09. The Hall–Kier alpha value is -5.32. The minimum atomic E-state index is -3.61. The molecule has 7 aromatic rings. The Morgan fingerprint density at radius 3 is 1.53 bits per heavy atom. The van der Waals surface area contributed by atoms with Crippen molar-refractivity contribution in [2.24, 2.45) is 0 Å². The van der Waals surface area contributed by atoms with Gasteiger partial charge in [-0.1, -0.05) is 66.7 Å². The molecule has 0 unspecified atom stereocenters. The molecule has 226 valence electrons. The summed E-state index contributed by atoms with van der Waals surface area (Å²) in [6, 6.07) is 40.0. The van der Waals surface area contributed by atoms with Crippen molar-refractivity contribution in [3.8, 4) is 11.5 Å². The molecule has 0 saturated carbocycles. The average molecular weight is 637 g/mol. The molecule has 0 aliphatic carbocycles. The van der Waals surface area contributed by atoms with Crippen molar-refractivity contribution in [2.75, 3.05) is 0 Å². The summed E-state index contributed by atoms with van der Waals surface area (Å²) in [4.78, 5) is 0.502. The summed E-state index contributed by atoms with van der Waals surface area (Å²) in [6.07, 6.45) is 3.07. The first kappa shape index (κ1) is 29.7. The molecule has 5 aromatic carbocycles. The Kier molecular flexibility index (Phi) is 8.16. The summed E-state index contributed by atoms with van der Waals surface area (Å²) in [5, 5.41) is 10.9. The lowest BCUT2D eigenvalue weighted by molar-refractivity contribution is 0.306. The van der Waals surface area contributed by atoms with Gasteiger partial charge in [0, 0.05) is 23.2 Å². The minimum absolute atomic E-state index is 0.113. The van der Waals surface area contributed by atoms with Crippen molar-refractivity contribution in [1.29, 1.82) is 0 Å². The predicted octanol–water partition coefficient (Wildman–Crippen LogP) is 7.04. The van der Waals surface area contributed by atoms with Crippen LogP contribution in [0.25, 0.3) is 21.8 Å². The second kappa shape index (κ2) is 12.4. The van der Waals surface area contributed by atoms with Crippen molar-refractivity contribution in [3.05, 3.63) is 157 Å². The number of hydrogen-bond donors (Lipinski definition) is 1. The Bertz CT molecular complexity index is 2300. The standard InChI is InChI=1S/C21H17NO3S.C14H11NO3S/c23-26(24,20-9-5-2-6-10-20)22-14-13-18-15-19(11-12-21(18)22)25-16-17-7-3-1-4-8-17;16-12-6-7-14-11(10-12)8-9-15(14)19(17,18)13-4-2-1-3-5-13/h1-15H,16H2;1-10,16H. The zero-order valence-corrected chi connectivity index (χ0v) is 25.5. The van der Waals surface area contributed by atoms with E-state index in [0.717, 1.165) is 10.9 Å². The number of hydrogen-bond acceptors (Lipinski definition) is 6. The van der Waals surface area contributed by atoms with Crippen molar-refractivity contribution < 1.29 is 26.7 Å². The van der Waals surface area contributed by atoms with E-state index < -0.39 is 20.0 Å². The maximum atomic E-state index is 12.8. The summed E-state index contributed by atoms with van der Waals surface area (Å²) < 4.78 is 59.0. The van der Waals surface area contributed by atoms with Gasteiger partial charge in [-0.2, -0.15) is 0 Å². The van der Waals surface area contributed by atoms with Gasteiger partial charge in [-0.05, 0) is 78.4 Å². The van der Waals surface area contributed by atoms with Crippen molar-refractivity contribution in [2.45, 2.75) is 16.4 Å². The van der Waals surface area contributed by atoms with Crippen molar-refractivity contribution >= 4 is 41.9 Å². The van der Waals surface area contributed by atoms with Crippen molar-refractivity contribution in [3.63, 3.8) is 0 Å². The summed E-state index contributed by atoms with van der Waals surface area (Å²) in [6.45, 7) is 0.468. The molecule has 0 spiro atoms. The molecule has 0 aliphatic rings. The van der Waals surface area contributed by atoms with E-state index in [9.17, 15) is 21.9 Å². The molecule has 2 aromatic heterocycles. The summed E-state index contributed by atoms with van der Waals surface area (Å²) in [5.74, 6) is 0.818. The largest absolute Gasteiger partial charge is 0.508 e. The Labute approximate surface area is 261 Å². The van der Waals surface area contributed by atoms with Crippen molar-refractivity contribution in [1.82, 2.24) is 7.94 Å². The number of nitrogens with zero attached hydrogens (tertiary/aromatic N) is 2. The number of ether oxygens (including phenoxy) is 1. The van der Waals surface area contributed by atoms with Crippen LogP contribution < -0.4 is 4.74 Å². The van der Waals surface area contributed by atoms with E-state index >= 15 is 0 Å². The highest BCUT2D eigenvalue weighted by atomic mass is 32.2. The monoisotopic (exact) mass is 636 g/mol. The Balaban J connectivity index is 0.000000167. The Morgan fingerprint density at radius 1 is 0.533 bits per heavy atom. The maximum absolute atomic E-state index is 12.8. The number of fused-ring (bicyclic) bond motifs is 2. The second-order valence-electron chi connectivity index (χ2n) is 10.1. The first-order chi connectivity index (χ1) is 21.7. The van der Waals surface area contributed by atoms with E-state index in [0.29, 0.717) is 28.8 Å². The lowest BCUT2D eigenvalue weighted by Crippen LogP contribution is -2.11. The average Bonchev–Trinajstić information content (AvgIpc) is 3.70. The van der Waals surface area contributed by atoms with Crippen LogP contribution in [0.3, 0.4) is 0 Å². The van der Waals surface area contributed by atoms with Gasteiger partial charge in [0.2, 0.25) is 0 Å². The summed E-state index contributed by atoms with van der Waals surface area (Å²) in [7, 11) is -7.21. The zero-order chi connectivity index (χ0) is 31.4. The van der Waals surface area contributed by atoms with Crippen LogP contribution in [0.4, 0.5) is 0 Å². The molecule has 8 nitrogen and oxygen atoms in total. The van der Waals surface area contributed by atoms with Gasteiger partial charge in [0.15, 0.2) is 0 Å². The Morgan fingerprint density at radius 2 is 1.00 bits per heavy atom.